The molecule has 0 amide bonds. The van der Waals surface area contributed by atoms with Gasteiger partial charge in [-0.1, -0.05) is 6.92 Å². The number of hydrogen-bond donors (Lipinski definition) is 1. The average molecular weight is 385 g/mol. The normalized spacial score (nSPS) is 17.5. The van der Waals surface area contributed by atoms with E-state index in [0.29, 0.717) is 20.9 Å². The molecule has 1 aliphatic rings. The van der Waals surface area contributed by atoms with E-state index in [1.807, 2.05) is 0 Å². The van der Waals surface area contributed by atoms with Gasteiger partial charge in [0, 0.05) is 17.0 Å². The topological polar surface area (TPSA) is 99.0 Å². The van der Waals surface area contributed by atoms with Crippen LogP contribution in [0.5, 0.6) is 0 Å². The van der Waals surface area contributed by atoms with Gasteiger partial charge < -0.3 is 14.9 Å². The molecule has 0 saturated carbocycles. The summed E-state index contributed by atoms with van der Waals surface area (Å²) in [5.74, 6) is 0.120. The lowest BCUT2D eigenvalue weighted by molar-refractivity contribution is -0.608. The SMILES string of the molecule is C[C@@H]1CCc2c(sc3nc([C@@H](C)OC(=O)c4cccc[n+]4[O-])[nH]c(=O)c23)C1. The van der Waals surface area contributed by atoms with E-state index in [0.717, 1.165) is 24.8 Å². The Hall–Kier alpha value is -2.74. The van der Waals surface area contributed by atoms with Crippen molar-refractivity contribution in [1.29, 1.82) is 0 Å². The summed E-state index contributed by atoms with van der Waals surface area (Å²) >= 11 is 1.54. The number of esters is 1. The van der Waals surface area contributed by atoms with Crippen molar-refractivity contribution in [2.24, 2.45) is 5.92 Å². The molecule has 3 aromatic rings. The highest BCUT2D eigenvalue weighted by Gasteiger charge is 2.25. The number of aromatic amines is 1. The number of nitrogens with one attached hydrogen (secondary N) is 1. The van der Waals surface area contributed by atoms with E-state index in [-0.39, 0.29) is 17.1 Å². The van der Waals surface area contributed by atoms with Gasteiger partial charge in [0.2, 0.25) is 0 Å². The molecule has 0 fully saturated rings. The zero-order valence-electron chi connectivity index (χ0n) is 15.0. The zero-order valence-corrected chi connectivity index (χ0v) is 15.8. The first-order valence-corrected chi connectivity index (χ1v) is 9.69. The molecule has 3 heterocycles. The maximum Gasteiger partial charge on any atom is 0.405 e. The fourth-order valence-corrected chi connectivity index (χ4v) is 4.81. The van der Waals surface area contributed by atoms with Crippen molar-refractivity contribution >= 4 is 27.5 Å². The van der Waals surface area contributed by atoms with Gasteiger partial charge in [-0.15, -0.1) is 11.3 Å². The van der Waals surface area contributed by atoms with Gasteiger partial charge >= 0.3 is 11.7 Å². The number of fused-ring (bicyclic) bond motifs is 3. The lowest BCUT2D eigenvalue weighted by Crippen LogP contribution is -2.35. The molecule has 3 aromatic heterocycles. The summed E-state index contributed by atoms with van der Waals surface area (Å²) in [6, 6.07) is 4.49. The number of aryl methyl sites for hydroxylation is 1. The quantitative estimate of drug-likeness (QED) is 0.424. The number of rotatable bonds is 3. The summed E-state index contributed by atoms with van der Waals surface area (Å²) in [6.45, 7) is 3.83. The Morgan fingerprint density at radius 1 is 1.48 bits per heavy atom. The Morgan fingerprint density at radius 3 is 3.07 bits per heavy atom. The van der Waals surface area contributed by atoms with Gasteiger partial charge in [0.1, 0.15) is 4.83 Å². The fraction of sp³-hybridized carbons (Fsp3) is 0.368. The van der Waals surface area contributed by atoms with E-state index in [1.54, 1.807) is 24.3 Å². The molecule has 0 spiro atoms. The molecule has 1 N–H and O–H groups in total. The van der Waals surface area contributed by atoms with Crippen molar-refractivity contribution < 1.29 is 14.3 Å². The van der Waals surface area contributed by atoms with E-state index in [2.05, 4.69) is 16.9 Å². The molecule has 4 rings (SSSR count). The fourth-order valence-electron chi connectivity index (χ4n) is 3.42. The number of carbonyl (C=O) groups is 1. The molecule has 7 nitrogen and oxygen atoms in total. The van der Waals surface area contributed by atoms with Crippen LogP contribution in [-0.4, -0.2) is 15.9 Å². The molecular weight excluding hydrogens is 366 g/mol. The summed E-state index contributed by atoms with van der Waals surface area (Å²) in [5.41, 5.74) is 0.784. The first-order valence-electron chi connectivity index (χ1n) is 8.87. The van der Waals surface area contributed by atoms with Gasteiger partial charge in [0.25, 0.3) is 5.56 Å². The van der Waals surface area contributed by atoms with Crippen LogP contribution in [0.2, 0.25) is 0 Å². The van der Waals surface area contributed by atoms with Crippen molar-refractivity contribution in [2.45, 2.75) is 39.2 Å². The molecule has 8 heteroatoms. The second kappa shape index (κ2) is 6.77. The average Bonchev–Trinajstić information content (AvgIpc) is 2.99. The van der Waals surface area contributed by atoms with Crippen molar-refractivity contribution in [3.05, 3.63) is 61.9 Å². The van der Waals surface area contributed by atoms with Crippen LogP contribution < -0.4 is 10.3 Å². The Kier molecular flexibility index (Phi) is 4.43. The minimum absolute atomic E-state index is 0.117. The smallest absolute Gasteiger partial charge is 0.405 e. The third-order valence-electron chi connectivity index (χ3n) is 4.89. The molecule has 1 aliphatic carbocycles. The number of pyridine rings is 1. The first-order chi connectivity index (χ1) is 12.9. The lowest BCUT2D eigenvalue weighted by atomic mass is 9.89. The van der Waals surface area contributed by atoms with Crippen molar-refractivity contribution in [2.75, 3.05) is 0 Å². The molecule has 0 radical (unpaired) electrons. The Morgan fingerprint density at radius 2 is 2.30 bits per heavy atom. The van der Waals surface area contributed by atoms with Gasteiger partial charge in [-0.05, 0) is 43.7 Å². The van der Waals surface area contributed by atoms with Crippen LogP contribution in [-0.2, 0) is 17.6 Å². The highest BCUT2D eigenvalue weighted by Crippen LogP contribution is 2.35. The van der Waals surface area contributed by atoms with Crippen molar-refractivity contribution in [1.82, 2.24) is 9.97 Å². The largest absolute Gasteiger partial charge is 0.618 e. The molecule has 0 aromatic carbocycles. The molecule has 0 saturated heterocycles. The molecule has 0 bridgehead atoms. The third-order valence-corrected chi connectivity index (χ3v) is 6.03. The lowest BCUT2D eigenvalue weighted by Gasteiger charge is -2.17. The summed E-state index contributed by atoms with van der Waals surface area (Å²) in [5, 5.41) is 12.3. The summed E-state index contributed by atoms with van der Waals surface area (Å²) in [7, 11) is 0. The molecule has 0 unspecified atom stereocenters. The molecule has 140 valence electrons. The Labute approximate surface area is 159 Å². The van der Waals surface area contributed by atoms with Crippen LogP contribution in [0.3, 0.4) is 0 Å². The minimum atomic E-state index is -0.784. The number of H-pyrrole nitrogens is 1. The molecule has 27 heavy (non-hydrogen) atoms. The van der Waals surface area contributed by atoms with Gasteiger partial charge in [0.15, 0.2) is 18.1 Å². The van der Waals surface area contributed by atoms with Crippen LogP contribution in [0.25, 0.3) is 10.2 Å². The minimum Gasteiger partial charge on any atom is -0.618 e. The number of hydrogen-bond acceptors (Lipinski definition) is 6. The van der Waals surface area contributed by atoms with Crippen LogP contribution in [0.4, 0.5) is 0 Å². The summed E-state index contributed by atoms with van der Waals surface area (Å²) < 4.78 is 5.79. The number of nitrogens with zero attached hydrogens (tertiary/aromatic N) is 2. The predicted molar refractivity (Wildman–Crippen MR) is 101 cm³/mol. The molecule has 2 atom stereocenters. The van der Waals surface area contributed by atoms with E-state index in [4.69, 9.17) is 4.74 Å². The van der Waals surface area contributed by atoms with E-state index in [9.17, 15) is 14.8 Å². The monoisotopic (exact) mass is 385 g/mol. The van der Waals surface area contributed by atoms with Crippen LogP contribution in [0, 0.1) is 11.1 Å². The number of carbonyl (C=O) groups excluding carboxylic acids is 1. The van der Waals surface area contributed by atoms with Crippen molar-refractivity contribution in [3.63, 3.8) is 0 Å². The first kappa shape index (κ1) is 17.7. The molecule has 0 aliphatic heterocycles. The maximum atomic E-state index is 12.6. The number of aromatic nitrogens is 3. The van der Waals surface area contributed by atoms with Gasteiger partial charge in [-0.2, -0.15) is 4.73 Å². The van der Waals surface area contributed by atoms with E-state index >= 15 is 0 Å². The summed E-state index contributed by atoms with van der Waals surface area (Å²) in [4.78, 5) is 34.1. The highest BCUT2D eigenvalue weighted by molar-refractivity contribution is 7.18. The number of thiophene rings is 1. The predicted octanol–water partition coefficient (Wildman–Crippen LogP) is 2.66. The second-order valence-electron chi connectivity index (χ2n) is 6.94. The van der Waals surface area contributed by atoms with E-state index < -0.39 is 12.1 Å². The highest BCUT2D eigenvalue weighted by atomic mass is 32.1. The number of ether oxygens (including phenoxy) is 1. The Balaban J connectivity index is 1.65. The van der Waals surface area contributed by atoms with Crippen molar-refractivity contribution in [3.8, 4) is 0 Å². The zero-order chi connectivity index (χ0) is 19.1. The Bertz CT molecular complexity index is 1090. The maximum absolute atomic E-state index is 12.6. The van der Waals surface area contributed by atoms with Gasteiger partial charge in [-0.3, -0.25) is 4.79 Å². The van der Waals surface area contributed by atoms with Gasteiger partial charge in [0.05, 0.1) is 5.39 Å². The van der Waals surface area contributed by atoms with E-state index in [1.165, 1.54) is 23.2 Å². The van der Waals surface area contributed by atoms with Crippen LogP contribution >= 0.6 is 11.3 Å². The summed E-state index contributed by atoms with van der Waals surface area (Å²) in [6.07, 6.45) is 3.37. The second-order valence-corrected chi connectivity index (χ2v) is 8.03. The molecular formula is C19H19N3O4S. The van der Waals surface area contributed by atoms with Crippen LogP contribution in [0.15, 0.2) is 29.2 Å². The van der Waals surface area contributed by atoms with Crippen LogP contribution in [0.1, 0.15) is 53.1 Å². The van der Waals surface area contributed by atoms with Gasteiger partial charge in [-0.25, -0.2) is 9.78 Å². The third kappa shape index (κ3) is 3.21. The standard InChI is InChI=1S/C19H19N3O4S/c1-10-6-7-12-14(9-10)27-18-15(12)17(23)20-16(21-18)11(2)26-19(24)13-5-3-4-8-22(13)25/h3-5,8,10-11H,6-7,9H2,1-2H3,(H,20,21,23)/t10-,11-/m1/s1.